The molecule has 8 nitrogen and oxygen atoms in total. The summed E-state index contributed by atoms with van der Waals surface area (Å²) in [5, 5.41) is 2.86. The van der Waals surface area contributed by atoms with E-state index < -0.39 is 10.0 Å². The van der Waals surface area contributed by atoms with Crippen molar-refractivity contribution in [2.45, 2.75) is 17.9 Å². The van der Waals surface area contributed by atoms with E-state index in [-0.39, 0.29) is 16.8 Å². The van der Waals surface area contributed by atoms with Crippen molar-refractivity contribution < 1.29 is 17.9 Å². The Morgan fingerprint density at radius 3 is 2.44 bits per heavy atom. The van der Waals surface area contributed by atoms with E-state index in [2.05, 4.69) is 22.2 Å². The topological polar surface area (TPSA) is 82.2 Å². The lowest BCUT2D eigenvalue weighted by Gasteiger charge is -2.35. The zero-order valence-corrected chi connectivity index (χ0v) is 16.7. The molecule has 2 fully saturated rings. The van der Waals surface area contributed by atoms with E-state index in [1.54, 1.807) is 18.2 Å². The molecule has 0 bridgehead atoms. The summed E-state index contributed by atoms with van der Waals surface area (Å²) in [7, 11) is -1.51. The Hall–Kier alpha value is -1.52. The Labute approximate surface area is 161 Å². The lowest BCUT2D eigenvalue weighted by Crippen LogP contribution is -2.51. The molecule has 0 spiro atoms. The first-order valence-corrected chi connectivity index (χ1v) is 10.7. The minimum atomic E-state index is -3.58. The maximum Gasteiger partial charge on any atom is 0.243 e. The number of morpholine rings is 1. The minimum Gasteiger partial charge on any atom is -0.379 e. The van der Waals surface area contributed by atoms with Gasteiger partial charge in [0.25, 0.3) is 0 Å². The average molecular weight is 397 g/mol. The van der Waals surface area contributed by atoms with Gasteiger partial charge in [0, 0.05) is 45.0 Å². The highest BCUT2D eigenvalue weighted by Gasteiger charge is 2.27. The molecule has 0 saturated carbocycles. The van der Waals surface area contributed by atoms with Crippen LogP contribution in [0.2, 0.25) is 0 Å². The van der Waals surface area contributed by atoms with Crippen LogP contribution in [0.3, 0.4) is 0 Å². The van der Waals surface area contributed by atoms with Crippen LogP contribution in [0.25, 0.3) is 0 Å². The highest BCUT2D eigenvalue weighted by molar-refractivity contribution is 7.89. The number of carbonyl (C=O) groups excluding carboxylic acids is 1. The maximum absolute atomic E-state index is 12.8. The van der Waals surface area contributed by atoms with Crippen molar-refractivity contribution in [2.24, 2.45) is 0 Å². The van der Waals surface area contributed by atoms with Crippen molar-refractivity contribution in [3.8, 4) is 0 Å². The highest BCUT2D eigenvalue weighted by atomic mass is 32.2. The number of sulfonamides is 1. The number of hydrogen-bond donors (Lipinski definition) is 1. The summed E-state index contributed by atoms with van der Waals surface area (Å²) >= 11 is 0. The zero-order chi connectivity index (χ0) is 19.4. The van der Waals surface area contributed by atoms with Gasteiger partial charge in [0.2, 0.25) is 15.9 Å². The number of nitrogens with one attached hydrogen (secondary N) is 1. The lowest BCUT2D eigenvalue weighted by atomic mass is 10.2. The maximum atomic E-state index is 12.8. The number of nitrogens with zero attached hydrogens (tertiary/aromatic N) is 3. The number of carbonyl (C=O) groups is 1. The van der Waals surface area contributed by atoms with Crippen LogP contribution in [0.15, 0.2) is 29.2 Å². The van der Waals surface area contributed by atoms with Crippen LogP contribution >= 0.6 is 0 Å². The second kappa shape index (κ2) is 8.66. The molecular formula is C18H28N4O4S. The van der Waals surface area contributed by atoms with Crippen molar-refractivity contribution in [1.29, 1.82) is 0 Å². The molecule has 0 radical (unpaired) electrons. The van der Waals surface area contributed by atoms with Gasteiger partial charge in [0.05, 0.1) is 24.2 Å². The summed E-state index contributed by atoms with van der Waals surface area (Å²) in [6.45, 7) is 6.94. The molecule has 0 unspecified atom stereocenters. The molecule has 2 heterocycles. The van der Waals surface area contributed by atoms with Gasteiger partial charge in [-0.3, -0.25) is 9.69 Å². The molecule has 0 aliphatic carbocycles. The van der Waals surface area contributed by atoms with Gasteiger partial charge >= 0.3 is 0 Å². The Morgan fingerprint density at radius 1 is 1.11 bits per heavy atom. The van der Waals surface area contributed by atoms with Gasteiger partial charge in [0.15, 0.2) is 0 Å². The molecule has 9 heteroatoms. The van der Waals surface area contributed by atoms with Gasteiger partial charge in [-0.15, -0.1) is 0 Å². The van der Waals surface area contributed by atoms with Gasteiger partial charge in [-0.25, -0.2) is 8.42 Å². The lowest BCUT2D eigenvalue weighted by molar-refractivity contribution is -0.121. The van der Waals surface area contributed by atoms with Crippen LogP contribution < -0.4 is 5.32 Å². The Bertz CT molecular complexity index is 756. The predicted molar refractivity (Wildman–Crippen MR) is 103 cm³/mol. The van der Waals surface area contributed by atoms with E-state index in [9.17, 15) is 13.2 Å². The van der Waals surface area contributed by atoms with Crippen LogP contribution in [0.5, 0.6) is 0 Å². The summed E-state index contributed by atoms with van der Waals surface area (Å²) in [4.78, 5) is 17.2. The summed E-state index contributed by atoms with van der Waals surface area (Å²) in [6.07, 6.45) is 0. The molecular weight excluding hydrogens is 368 g/mol. The molecule has 3 rings (SSSR count). The van der Waals surface area contributed by atoms with Gasteiger partial charge in [0.1, 0.15) is 0 Å². The molecule has 2 saturated heterocycles. The standard InChI is InChI=1S/C18H28N4O4S/c1-15(21-8-6-20(2)7-9-21)18(23)19-16-4-3-5-17(14-16)27(24,25)22-10-12-26-13-11-22/h3-5,14-15H,6-13H2,1-2H3,(H,19,23)/t15-/m1/s1. The summed E-state index contributed by atoms with van der Waals surface area (Å²) in [5.74, 6) is -0.125. The summed E-state index contributed by atoms with van der Waals surface area (Å²) in [5.41, 5.74) is 0.496. The quantitative estimate of drug-likeness (QED) is 0.770. The second-order valence-corrected chi connectivity index (χ2v) is 8.99. The molecule has 1 aromatic rings. The molecule has 1 atom stereocenters. The van der Waals surface area contributed by atoms with Crippen molar-refractivity contribution >= 4 is 21.6 Å². The van der Waals surface area contributed by atoms with Crippen LogP contribution in [-0.4, -0.2) is 94.0 Å². The monoisotopic (exact) mass is 396 g/mol. The van der Waals surface area contributed by atoms with Crippen molar-refractivity contribution in [3.05, 3.63) is 24.3 Å². The van der Waals surface area contributed by atoms with Gasteiger partial charge < -0.3 is 15.0 Å². The fraction of sp³-hybridized carbons (Fsp3) is 0.611. The zero-order valence-electron chi connectivity index (χ0n) is 15.9. The van der Waals surface area contributed by atoms with Crippen LogP contribution in [0, 0.1) is 0 Å². The molecule has 0 aromatic heterocycles. The molecule has 2 aliphatic rings. The number of amides is 1. The fourth-order valence-corrected chi connectivity index (χ4v) is 4.75. The molecule has 1 aromatic carbocycles. The van der Waals surface area contributed by atoms with Crippen LogP contribution in [0.1, 0.15) is 6.92 Å². The predicted octanol–water partition coefficient (Wildman–Crippen LogP) is 0.282. The normalized spacial score (nSPS) is 21.7. The second-order valence-electron chi connectivity index (χ2n) is 7.05. The first kappa shape index (κ1) is 20.2. The van der Waals surface area contributed by atoms with E-state index in [1.807, 2.05) is 6.92 Å². The van der Waals surface area contributed by atoms with Crippen molar-refractivity contribution in [2.75, 3.05) is 64.8 Å². The van der Waals surface area contributed by atoms with Crippen LogP contribution in [0.4, 0.5) is 5.69 Å². The number of benzene rings is 1. The third kappa shape index (κ3) is 4.85. The van der Waals surface area contributed by atoms with Gasteiger partial charge in [-0.05, 0) is 32.2 Å². The van der Waals surface area contributed by atoms with Gasteiger partial charge in [-0.2, -0.15) is 4.31 Å². The summed E-state index contributed by atoms with van der Waals surface area (Å²) in [6, 6.07) is 6.19. The van der Waals surface area contributed by atoms with E-state index in [4.69, 9.17) is 4.74 Å². The number of hydrogen-bond acceptors (Lipinski definition) is 6. The first-order valence-electron chi connectivity index (χ1n) is 9.29. The van der Waals surface area contributed by atoms with Crippen LogP contribution in [-0.2, 0) is 19.6 Å². The average Bonchev–Trinajstić information content (AvgIpc) is 2.69. The Kier molecular flexibility index (Phi) is 6.48. The largest absolute Gasteiger partial charge is 0.379 e. The number of rotatable bonds is 5. The molecule has 1 N–H and O–H groups in total. The van der Waals surface area contributed by atoms with Crippen molar-refractivity contribution in [1.82, 2.24) is 14.1 Å². The van der Waals surface area contributed by atoms with E-state index in [1.165, 1.54) is 10.4 Å². The smallest absolute Gasteiger partial charge is 0.243 e. The Morgan fingerprint density at radius 2 is 1.78 bits per heavy atom. The highest BCUT2D eigenvalue weighted by Crippen LogP contribution is 2.21. The number of anilines is 1. The molecule has 1 amide bonds. The third-order valence-corrected chi connectivity index (χ3v) is 7.07. The van der Waals surface area contributed by atoms with E-state index in [0.717, 1.165) is 26.2 Å². The number of piperazine rings is 1. The van der Waals surface area contributed by atoms with E-state index in [0.29, 0.717) is 32.0 Å². The molecule has 27 heavy (non-hydrogen) atoms. The fourth-order valence-electron chi connectivity index (χ4n) is 3.29. The third-order valence-electron chi connectivity index (χ3n) is 5.17. The summed E-state index contributed by atoms with van der Waals surface area (Å²) < 4.78 is 32.2. The van der Waals surface area contributed by atoms with E-state index >= 15 is 0 Å². The number of likely N-dealkylation sites (N-methyl/N-ethyl adjacent to an activating group) is 1. The van der Waals surface area contributed by atoms with Gasteiger partial charge in [-0.1, -0.05) is 6.07 Å². The number of ether oxygens (including phenoxy) is 1. The molecule has 150 valence electrons. The Balaban J connectivity index is 1.67. The molecule has 2 aliphatic heterocycles. The minimum absolute atomic E-state index is 0.125. The SMILES string of the molecule is C[C@H](C(=O)Nc1cccc(S(=O)(=O)N2CCOCC2)c1)N1CCN(C)CC1. The van der Waals surface area contributed by atoms with Crippen molar-refractivity contribution in [3.63, 3.8) is 0 Å². The first-order chi connectivity index (χ1) is 12.9.